The van der Waals surface area contributed by atoms with Crippen LogP contribution in [-0.4, -0.2) is 65.1 Å². The lowest BCUT2D eigenvalue weighted by Gasteiger charge is -2.24. The normalized spacial score (nSPS) is 17.3. The van der Waals surface area contributed by atoms with Crippen LogP contribution < -0.4 is 0 Å². The molecule has 6 aromatic rings. The third-order valence-electron chi connectivity index (χ3n) is 9.58. The number of aromatic nitrogens is 2. The minimum Gasteiger partial charge on any atom is -0.378 e. The highest BCUT2D eigenvalue weighted by Gasteiger charge is 2.35. The number of fused-ring (bicyclic) bond motifs is 13. The fourth-order valence-corrected chi connectivity index (χ4v) is 7.30. The lowest BCUT2D eigenvalue weighted by atomic mass is 9.95. The molecule has 0 spiro atoms. The van der Waals surface area contributed by atoms with Gasteiger partial charge in [-0.2, -0.15) is 0 Å². The number of para-hydroxylation sites is 2. The third-order valence-corrected chi connectivity index (χ3v) is 9.58. The van der Waals surface area contributed by atoms with E-state index in [-0.39, 0.29) is 18.0 Å². The maximum absolute atomic E-state index is 13.7. The van der Waals surface area contributed by atoms with Gasteiger partial charge in [0.1, 0.15) is 0 Å². The molecule has 236 valence electrons. The predicted octanol–water partition coefficient (Wildman–Crippen LogP) is 6.75. The van der Waals surface area contributed by atoms with E-state index in [1.54, 1.807) is 0 Å². The Labute approximate surface area is 273 Å². The maximum Gasteiger partial charge on any atom is 0.172 e. The van der Waals surface area contributed by atoms with Crippen LogP contribution in [0.15, 0.2) is 103 Å². The minimum absolute atomic E-state index is 0.106. The van der Waals surface area contributed by atoms with Gasteiger partial charge in [0.2, 0.25) is 0 Å². The molecule has 3 heterocycles. The average Bonchev–Trinajstić information content (AvgIpc) is 3.74. The molecule has 0 saturated carbocycles. The number of carbonyl (C=O) groups is 2. The molecule has 2 aromatic heterocycles. The van der Waals surface area contributed by atoms with Gasteiger partial charge >= 0.3 is 0 Å². The predicted molar refractivity (Wildman–Crippen MR) is 186 cm³/mol. The zero-order valence-corrected chi connectivity index (χ0v) is 26.4. The Kier molecular flexibility index (Phi) is 8.03. The summed E-state index contributed by atoms with van der Waals surface area (Å²) in [6, 6.07) is 31.3. The van der Waals surface area contributed by atoms with E-state index >= 15 is 0 Å². The van der Waals surface area contributed by atoms with Crippen molar-refractivity contribution in [2.45, 2.75) is 26.1 Å². The summed E-state index contributed by atoms with van der Waals surface area (Å²) in [6.07, 6.45) is 4.00. The van der Waals surface area contributed by atoms with Gasteiger partial charge in [-0.1, -0.05) is 78.9 Å². The van der Waals surface area contributed by atoms with E-state index in [4.69, 9.17) is 9.47 Å². The van der Waals surface area contributed by atoms with Crippen molar-refractivity contribution in [2.24, 2.45) is 0 Å². The molecule has 0 saturated heterocycles. The standard InChI is InChI=1S/C40H37N3O4/c44-37-24-38(45)40-34-27-43(36-15-6-4-13-32(34)36)19-21-47-23-22-46-20-18-41(25-29-10-7-9-28-8-1-2-11-30(28)29)16-17-42-26-33(39(37)40)31-12-3-5-14-35(31)42/h1-15,26-27H,16-25H2. The van der Waals surface area contributed by atoms with Crippen molar-refractivity contribution in [2.75, 3.05) is 39.5 Å². The maximum atomic E-state index is 13.7. The number of benzene rings is 4. The molecule has 7 nitrogen and oxygen atoms in total. The molecule has 7 heteroatoms. The van der Waals surface area contributed by atoms with Crippen molar-refractivity contribution in [3.63, 3.8) is 0 Å². The molecular formula is C40H37N3O4. The van der Waals surface area contributed by atoms with Gasteiger partial charge in [-0.15, -0.1) is 0 Å². The van der Waals surface area contributed by atoms with E-state index in [1.165, 1.54) is 16.3 Å². The Bertz CT molecular complexity index is 2170. The molecule has 1 aliphatic carbocycles. The topological polar surface area (TPSA) is 65.7 Å². The highest BCUT2D eigenvalue weighted by Crippen LogP contribution is 2.41. The van der Waals surface area contributed by atoms with Gasteiger partial charge in [0.25, 0.3) is 0 Å². The molecule has 47 heavy (non-hydrogen) atoms. The SMILES string of the molecule is O=C1CC(=O)C2=C1c1cn(c3ccccc13)CCOCCOCCN(Cc1cccc3ccccc13)CCn1cc2c2ccccc21. The van der Waals surface area contributed by atoms with Crippen molar-refractivity contribution in [1.82, 2.24) is 14.0 Å². The highest BCUT2D eigenvalue weighted by atomic mass is 16.5. The van der Waals surface area contributed by atoms with E-state index < -0.39 is 0 Å². The summed E-state index contributed by atoms with van der Waals surface area (Å²) in [5.41, 5.74) is 6.05. The number of hydrogen-bond donors (Lipinski definition) is 0. The molecule has 0 atom stereocenters. The first-order chi connectivity index (χ1) is 23.2. The second kappa shape index (κ2) is 12.8. The van der Waals surface area contributed by atoms with Crippen LogP contribution >= 0.6 is 0 Å². The Morgan fingerprint density at radius 1 is 0.532 bits per heavy atom. The molecular weight excluding hydrogens is 586 g/mol. The molecule has 4 bridgehead atoms. The third kappa shape index (κ3) is 5.61. The molecule has 1 aliphatic heterocycles. The van der Waals surface area contributed by atoms with Crippen LogP contribution in [0.2, 0.25) is 0 Å². The number of carbonyl (C=O) groups excluding carboxylic acids is 2. The lowest BCUT2D eigenvalue weighted by Crippen LogP contribution is -2.31. The van der Waals surface area contributed by atoms with Crippen molar-refractivity contribution >= 4 is 55.3 Å². The monoisotopic (exact) mass is 623 g/mol. The molecule has 0 fully saturated rings. The largest absolute Gasteiger partial charge is 0.378 e. The van der Waals surface area contributed by atoms with Crippen LogP contribution in [0.5, 0.6) is 0 Å². The summed E-state index contributed by atoms with van der Waals surface area (Å²) in [4.78, 5) is 29.8. The summed E-state index contributed by atoms with van der Waals surface area (Å²) in [7, 11) is 0. The van der Waals surface area contributed by atoms with Crippen molar-refractivity contribution < 1.29 is 19.1 Å². The Hall–Kier alpha value is -4.82. The average molecular weight is 624 g/mol. The van der Waals surface area contributed by atoms with Crippen LogP contribution in [0.1, 0.15) is 23.1 Å². The van der Waals surface area contributed by atoms with Crippen LogP contribution in [0.3, 0.4) is 0 Å². The molecule has 2 aliphatic rings. The van der Waals surface area contributed by atoms with Gasteiger partial charge in [-0.25, -0.2) is 0 Å². The van der Waals surface area contributed by atoms with Gasteiger partial charge in [0.15, 0.2) is 11.6 Å². The summed E-state index contributed by atoms with van der Waals surface area (Å²) >= 11 is 0. The molecule has 8 rings (SSSR count). The molecule has 0 amide bonds. The molecule has 0 radical (unpaired) electrons. The molecule has 4 aromatic carbocycles. The number of hydrogen-bond acceptors (Lipinski definition) is 5. The fraction of sp³-hybridized carbons (Fsp3) is 0.250. The van der Waals surface area contributed by atoms with Crippen molar-refractivity contribution in [3.8, 4) is 0 Å². The summed E-state index contributed by atoms with van der Waals surface area (Å²) in [5.74, 6) is -0.237. The van der Waals surface area contributed by atoms with Gasteiger partial charge in [-0.3, -0.25) is 14.5 Å². The van der Waals surface area contributed by atoms with E-state index in [1.807, 2.05) is 36.5 Å². The first-order valence-corrected chi connectivity index (χ1v) is 16.5. The van der Waals surface area contributed by atoms with E-state index in [9.17, 15) is 9.59 Å². The van der Waals surface area contributed by atoms with Gasteiger partial charge in [0, 0.05) is 89.2 Å². The quantitative estimate of drug-likeness (QED) is 0.200. The van der Waals surface area contributed by atoms with E-state index in [0.29, 0.717) is 44.1 Å². The van der Waals surface area contributed by atoms with Crippen LogP contribution in [0, 0.1) is 0 Å². The highest BCUT2D eigenvalue weighted by molar-refractivity contribution is 6.52. The number of ether oxygens (including phenoxy) is 2. The molecule has 0 N–H and O–H groups in total. The first kappa shape index (κ1) is 29.6. The lowest BCUT2D eigenvalue weighted by molar-refractivity contribution is -0.119. The van der Waals surface area contributed by atoms with Gasteiger partial charge in [-0.05, 0) is 28.5 Å². The number of nitrogens with zero attached hydrogens (tertiary/aromatic N) is 3. The van der Waals surface area contributed by atoms with Crippen LogP contribution in [-0.2, 0) is 38.7 Å². The van der Waals surface area contributed by atoms with Gasteiger partial charge < -0.3 is 18.6 Å². The van der Waals surface area contributed by atoms with Crippen molar-refractivity contribution in [3.05, 3.63) is 120 Å². The van der Waals surface area contributed by atoms with E-state index in [0.717, 1.165) is 59.1 Å². The number of ketones is 2. The Morgan fingerprint density at radius 2 is 1.09 bits per heavy atom. The number of allylic oxidation sites excluding steroid dienone is 2. The second-order valence-corrected chi connectivity index (χ2v) is 12.4. The zero-order chi connectivity index (χ0) is 31.7. The first-order valence-electron chi connectivity index (χ1n) is 16.5. The fourth-order valence-electron chi connectivity index (χ4n) is 7.30. The summed E-state index contributed by atoms with van der Waals surface area (Å²) in [5, 5.41) is 4.45. The molecule has 0 unspecified atom stereocenters. The Balaban J connectivity index is 1.22. The second-order valence-electron chi connectivity index (χ2n) is 12.4. The minimum atomic E-state index is -0.120. The summed E-state index contributed by atoms with van der Waals surface area (Å²) < 4.78 is 16.4. The number of Topliss-reactive ketones (excluding diaryl/α,β-unsaturated/α-hetero) is 2. The smallest absolute Gasteiger partial charge is 0.172 e. The van der Waals surface area contributed by atoms with Gasteiger partial charge in [0.05, 0.1) is 32.8 Å². The van der Waals surface area contributed by atoms with E-state index in [2.05, 4.69) is 80.9 Å². The van der Waals surface area contributed by atoms with Crippen LogP contribution in [0.25, 0.3) is 43.7 Å². The summed E-state index contributed by atoms with van der Waals surface area (Å²) in [6.45, 7) is 5.85. The zero-order valence-electron chi connectivity index (χ0n) is 26.4. The Morgan fingerprint density at radius 3 is 1.77 bits per heavy atom. The van der Waals surface area contributed by atoms with Crippen molar-refractivity contribution in [1.29, 1.82) is 0 Å². The number of rotatable bonds is 2. The van der Waals surface area contributed by atoms with Crippen LogP contribution in [0.4, 0.5) is 0 Å².